The quantitative estimate of drug-likeness (QED) is 0.773. The monoisotopic (exact) mass is 422 g/mol. The zero-order valence-electron chi connectivity index (χ0n) is 16.8. The molecule has 0 radical (unpaired) electrons. The second-order valence-electron chi connectivity index (χ2n) is 7.08. The molecule has 3 rings (SSSR count). The van der Waals surface area contributed by atoms with Gasteiger partial charge >= 0.3 is 6.09 Å². The van der Waals surface area contributed by atoms with Crippen LogP contribution in [-0.2, 0) is 16.1 Å². The van der Waals surface area contributed by atoms with Gasteiger partial charge in [0.15, 0.2) is 6.10 Å². The lowest BCUT2D eigenvalue weighted by molar-refractivity contribution is -0.117. The Morgan fingerprint density at radius 3 is 2.63 bits per heavy atom. The van der Waals surface area contributed by atoms with Crippen molar-refractivity contribution >= 4 is 23.4 Å². The molecule has 0 saturated heterocycles. The summed E-state index contributed by atoms with van der Waals surface area (Å²) < 4.78 is 32.3. The predicted molar refractivity (Wildman–Crippen MR) is 107 cm³/mol. The highest BCUT2D eigenvalue weighted by Gasteiger charge is 2.35. The molecule has 2 heterocycles. The number of amides is 2. The van der Waals surface area contributed by atoms with E-state index >= 15 is 0 Å². The van der Waals surface area contributed by atoms with E-state index in [1.807, 2.05) is 0 Å². The third kappa shape index (κ3) is 4.28. The lowest BCUT2D eigenvalue weighted by Gasteiger charge is -2.40. The number of carbonyl (C=O) groups excluding carboxylic acids is 2. The zero-order valence-corrected chi connectivity index (χ0v) is 16.8. The maximum absolute atomic E-state index is 12.9. The minimum atomic E-state index is -1.47. The number of carbonyl (C=O) groups is 2. The average Bonchev–Trinajstić information content (AvgIpc) is 3.19. The lowest BCUT2D eigenvalue weighted by atomic mass is 10.0. The van der Waals surface area contributed by atoms with Crippen LogP contribution in [0.1, 0.15) is 13.8 Å². The molecule has 10 heteroatoms. The Labute approximate surface area is 172 Å². The summed E-state index contributed by atoms with van der Waals surface area (Å²) in [5, 5.41) is 13.2. The van der Waals surface area contributed by atoms with Crippen molar-refractivity contribution in [2.75, 3.05) is 36.3 Å². The van der Waals surface area contributed by atoms with Crippen molar-refractivity contribution in [1.29, 1.82) is 0 Å². The van der Waals surface area contributed by atoms with Crippen LogP contribution in [0.2, 0.25) is 0 Å². The number of nitrogens with zero attached hydrogens (tertiary/aromatic N) is 4. The van der Waals surface area contributed by atoms with Gasteiger partial charge < -0.3 is 14.7 Å². The van der Waals surface area contributed by atoms with Crippen molar-refractivity contribution in [3.8, 4) is 11.1 Å². The Morgan fingerprint density at radius 1 is 1.27 bits per heavy atom. The molecule has 0 aliphatic carbocycles. The number of benzene rings is 1. The molecule has 2 amide bonds. The van der Waals surface area contributed by atoms with E-state index in [2.05, 4.69) is 5.10 Å². The zero-order chi connectivity index (χ0) is 21.8. The fraction of sp³-hybridized carbons (Fsp3) is 0.450. The van der Waals surface area contributed by atoms with Gasteiger partial charge in [-0.1, -0.05) is 6.07 Å². The smallest absolute Gasteiger partial charge is 0.414 e. The number of fused-ring (bicyclic) bond motifs is 1. The Balaban J connectivity index is 2.02. The van der Waals surface area contributed by atoms with Gasteiger partial charge in [-0.2, -0.15) is 5.10 Å². The van der Waals surface area contributed by atoms with Crippen LogP contribution in [-0.4, -0.2) is 65.5 Å². The maximum atomic E-state index is 12.9. The first-order valence-electron chi connectivity index (χ1n) is 9.57. The molecule has 1 aromatic heterocycles. The molecule has 1 atom stereocenters. The largest absolute Gasteiger partial charge is 0.440 e. The summed E-state index contributed by atoms with van der Waals surface area (Å²) in [6.07, 6.45) is 1.02. The van der Waals surface area contributed by atoms with Crippen LogP contribution in [0.5, 0.6) is 0 Å². The molecular weight excluding hydrogens is 398 g/mol. The number of aromatic nitrogens is 2. The van der Waals surface area contributed by atoms with Crippen LogP contribution in [0.4, 0.5) is 25.0 Å². The molecule has 8 nitrogen and oxygen atoms in total. The summed E-state index contributed by atoms with van der Waals surface area (Å²) in [7, 11) is 0. The van der Waals surface area contributed by atoms with Crippen LogP contribution >= 0.6 is 0 Å². The van der Waals surface area contributed by atoms with E-state index in [4.69, 9.17) is 9.84 Å². The van der Waals surface area contributed by atoms with E-state index in [0.29, 0.717) is 17.9 Å². The van der Waals surface area contributed by atoms with E-state index in [1.54, 1.807) is 47.1 Å². The highest BCUT2D eigenvalue weighted by atomic mass is 19.1. The molecule has 1 aromatic carbocycles. The third-order valence-corrected chi connectivity index (χ3v) is 4.88. The second kappa shape index (κ2) is 9.21. The molecule has 1 N–H and O–H groups in total. The molecule has 0 saturated carbocycles. The number of ether oxygens (including phenoxy) is 1. The summed E-state index contributed by atoms with van der Waals surface area (Å²) in [5.74, 6) is -0.189. The SMILES string of the molecule is CC(=O)N1c2ccc(-c3cnn(CCO)c3)cc2N(C(=O)OC(CF)CF)C[C@@H]1C. The molecule has 0 spiro atoms. The van der Waals surface area contributed by atoms with E-state index in [9.17, 15) is 18.4 Å². The van der Waals surface area contributed by atoms with Crippen LogP contribution in [0.3, 0.4) is 0 Å². The lowest BCUT2D eigenvalue weighted by Crippen LogP contribution is -2.52. The summed E-state index contributed by atoms with van der Waals surface area (Å²) in [4.78, 5) is 27.7. The Hall–Kier alpha value is -3.01. The molecular formula is C20H24F2N4O4. The van der Waals surface area contributed by atoms with Gasteiger partial charge in [0.1, 0.15) is 13.3 Å². The molecule has 0 unspecified atom stereocenters. The standard InChI is InChI=1S/C20H24F2N4O4/c1-13-11-25(20(29)30-17(8-21)9-22)19-7-15(3-4-18(19)26(13)14(2)28)16-10-23-24(12-16)5-6-27/h3-4,7,10,12-13,17,27H,5-6,8-9,11H2,1-2H3/t13-/m0/s1. The van der Waals surface area contributed by atoms with Gasteiger partial charge in [0.2, 0.25) is 5.91 Å². The Morgan fingerprint density at radius 2 is 2.00 bits per heavy atom. The normalized spacial score (nSPS) is 16.0. The van der Waals surface area contributed by atoms with Gasteiger partial charge in [0.25, 0.3) is 0 Å². The van der Waals surface area contributed by atoms with Crippen LogP contribution < -0.4 is 9.80 Å². The number of alkyl halides is 2. The third-order valence-electron chi connectivity index (χ3n) is 4.88. The van der Waals surface area contributed by atoms with Gasteiger partial charge in [-0.05, 0) is 24.6 Å². The molecule has 0 fully saturated rings. The van der Waals surface area contributed by atoms with Crippen molar-refractivity contribution in [1.82, 2.24) is 9.78 Å². The minimum absolute atomic E-state index is 0.0549. The van der Waals surface area contributed by atoms with Crippen molar-refractivity contribution in [2.45, 2.75) is 32.5 Å². The summed E-state index contributed by atoms with van der Waals surface area (Å²) in [6, 6.07) is 4.86. The van der Waals surface area contributed by atoms with Crippen molar-refractivity contribution in [3.63, 3.8) is 0 Å². The van der Waals surface area contributed by atoms with Crippen LogP contribution in [0.15, 0.2) is 30.6 Å². The number of hydrogen-bond acceptors (Lipinski definition) is 5. The first-order chi connectivity index (χ1) is 14.4. The molecule has 1 aliphatic rings. The van der Waals surface area contributed by atoms with Gasteiger partial charge in [-0.15, -0.1) is 0 Å². The number of halogens is 2. The van der Waals surface area contributed by atoms with Crippen LogP contribution in [0.25, 0.3) is 11.1 Å². The highest BCUT2D eigenvalue weighted by molar-refractivity contribution is 6.03. The first-order valence-corrected chi connectivity index (χ1v) is 9.57. The van der Waals surface area contributed by atoms with E-state index in [0.717, 1.165) is 11.1 Å². The molecule has 162 valence electrons. The molecule has 1 aliphatic heterocycles. The van der Waals surface area contributed by atoms with Crippen LogP contribution in [0, 0.1) is 0 Å². The first kappa shape index (κ1) is 21.7. The van der Waals surface area contributed by atoms with Gasteiger partial charge in [-0.25, -0.2) is 13.6 Å². The van der Waals surface area contributed by atoms with Gasteiger partial charge in [-0.3, -0.25) is 14.4 Å². The number of hydrogen-bond donors (Lipinski definition) is 1. The van der Waals surface area contributed by atoms with E-state index < -0.39 is 25.5 Å². The minimum Gasteiger partial charge on any atom is -0.440 e. The number of aliphatic hydroxyl groups excluding tert-OH is 1. The topological polar surface area (TPSA) is 87.9 Å². The number of rotatable bonds is 6. The predicted octanol–water partition coefficient (Wildman–Crippen LogP) is 2.55. The number of anilines is 2. The number of aliphatic hydroxyl groups is 1. The summed E-state index contributed by atoms with van der Waals surface area (Å²) >= 11 is 0. The maximum Gasteiger partial charge on any atom is 0.414 e. The summed E-state index contributed by atoms with van der Waals surface area (Å²) in [6.45, 7) is 1.37. The second-order valence-corrected chi connectivity index (χ2v) is 7.08. The fourth-order valence-corrected chi connectivity index (χ4v) is 3.51. The Bertz CT molecular complexity index is 916. The van der Waals surface area contributed by atoms with Crippen molar-refractivity contribution < 1.29 is 28.2 Å². The Kier molecular flexibility index (Phi) is 6.66. The van der Waals surface area contributed by atoms with Crippen molar-refractivity contribution in [3.05, 3.63) is 30.6 Å². The average molecular weight is 422 g/mol. The molecule has 30 heavy (non-hydrogen) atoms. The van der Waals surface area contributed by atoms with E-state index in [1.165, 1.54) is 11.8 Å². The van der Waals surface area contributed by atoms with E-state index in [-0.39, 0.29) is 25.1 Å². The van der Waals surface area contributed by atoms with Gasteiger partial charge in [0, 0.05) is 25.2 Å². The molecule has 0 bridgehead atoms. The highest BCUT2D eigenvalue weighted by Crippen LogP contribution is 2.39. The summed E-state index contributed by atoms with van der Waals surface area (Å²) in [5.41, 5.74) is 2.37. The van der Waals surface area contributed by atoms with Crippen molar-refractivity contribution in [2.24, 2.45) is 0 Å². The molecule has 2 aromatic rings. The fourth-order valence-electron chi connectivity index (χ4n) is 3.51. The van der Waals surface area contributed by atoms with Gasteiger partial charge in [0.05, 0.1) is 36.8 Å².